The molecule has 0 radical (unpaired) electrons. The van der Waals surface area contributed by atoms with Crippen LogP contribution >= 0.6 is 0 Å². The fraction of sp³-hybridized carbons (Fsp3) is 0.345. The van der Waals surface area contributed by atoms with Gasteiger partial charge in [0.2, 0.25) is 0 Å². The van der Waals surface area contributed by atoms with Crippen LogP contribution < -0.4 is 21.0 Å². The molecule has 0 bridgehead atoms. The normalized spacial score (nSPS) is 13.8. The lowest BCUT2D eigenvalue weighted by Crippen LogP contribution is -2.34. The van der Waals surface area contributed by atoms with E-state index in [1.54, 1.807) is 24.3 Å². The van der Waals surface area contributed by atoms with Crippen molar-refractivity contribution in [2.75, 3.05) is 18.4 Å². The van der Waals surface area contributed by atoms with Crippen molar-refractivity contribution in [1.82, 2.24) is 5.32 Å². The molecule has 2 heterocycles. The molecule has 1 fully saturated rings. The van der Waals surface area contributed by atoms with Crippen molar-refractivity contribution < 1.29 is 23.8 Å². The lowest BCUT2D eigenvalue weighted by molar-refractivity contribution is -0.136. The summed E-state index contributed by atoms with van der Waals surface area (Å²) in [6, 6.07) is 10.2. The number of nitrogens with one attached hydrogen (secondary N) is 2. The number of amides is 1. The summed E-state index contributed by atoms with van der Waals surface area (Å²) in [5.74, 6) is -0.733. The molecule has 37 heavy (non-hydrogen) atoms. The van der Waals surface area contributed by atoms with Crippen molar-refractivity contribution in [3.05, 3.63) is 80.7 Å². The number of benzene rings is 2. The highest BCUT2D eigenvalue weighted by Gasteiger charge is 2.19. The van der Waals surface area contributed by atoms with Crippen molar-refractivity contribution in [1.29, 1.82) is 0 Å². The summed E-state index contributed by atoms with van der Waals surface area (Å²) in [4.78, 5) is 37.0. The van der Waals surface area contributed by atoms with Gasteiger partial charge in [0, 0.05) is 16.5 Å². The lowest BCUT2D eigenvalue weighted by atomic mass is 9.98. The van der Waals surface area contributed by atoms with Crippen LogP contribution in [0.25, 0.3) is 11.0 Å². The Bertz CT molecular complexity index is 1410. The van der Waals surface area contributed by atoms with Crippen LogP contribution in [0.5, 0.6) is 5.75 Å². The number of aliphatic carboxylic acids is 1. The molecule has 0 spiro atoms. The second-order valence-corrected chi connectivity index (χ2v) is 9.62. The number of hydrogen-bond acceptors (Lipinski definition) is 6. The summed E-state index contributed by atoms with van der Waals surface area (Å²) >= 11 is 0. The summed E-state index contributed by atoms with van der Waals surface area (Å²) in [6.07, 6.45) is 4.30. The largest absolute Gasteiger partial charge is 0.490 e. The van der Waals surface area contributed by atoms with Gasteiger partial charge in [-0.15, -0.1) is 0 Å². The second kappa shape index (κ2) is 11.4. The second-order valence-electron chi connectivity index (χ2n) is 9.62. The highest BCUT2D eigenvalue weighted by molar-refractivity contribution is 6.05. The molecule has 1 saturated heterocycles. The van der Waals surface area contributed by atoms with Crippen LogP contribution in [0.3, 0.4) is 0 Å². The molecule has 8 nitrogen and oxygen atoms in total. The maximum absolute atomic E-state index is 13.0. The van der Waals surface area contributed by atoms with Crippen molar-refractivity contribution in [2.45, 2.75) is 52.6 Å². The van der Waals surface area contributed by atoms with Gasteiger partial charge in [0.25, 0.3) is 5.91 Å². The first-order valence-electron chi connectivity index (χ1n) is 12.4. The van der Waals surface area contributed by atoms with E-state index in [0.717, 1.165) is 42.6 Å². The number of piperidine rings is 1. The highest BCUT2D eigenvalue weighted by atomic mass is 16.5. The number of carboxylic acid groups (broad SMARTS) is 1. The molecule has 0 saturated carbocycles. The Kier molecular flexibility index (Phi) is 8.08. The van der Waals surface area contributed by atoms with E-state index in [1.165, 1.54) is 0 Å². The molecule has 2 aromatic carbocycles. The van der Waals surface area contributed by atoms with Gasteiger partial charge in [-0.25, -0.2) is 4.79 Å². The first-order chi connectivity index (χ1) is 17.7. The van der Waals surface area contributed by atoms with Crippen LogP contribution in [0.1, 0.15) is 53.7 Å². The number of anilines is 1. The molecule has 1 aromatic heterocycles. The van der Waals surface area contributed by atoms with Crippen LogP contribution in [-0.4, -0.2) is 36.2 Å². The number of fused-ring (bicyclic) bond motifs is 1. The maximum atomic E-state index is 13.0. The third-order valence-corrected chi connectivity index (χ3v) is 6.47. The number of rotatable bonds is 8. The van der Waals surface area contributed by atoms with Crippen molar-refractivity contribution in [2.24, 2.45) is 0 Å². The monoisotopic (exact) mass is 504 g/mol. The Morgan fingerprint density at radius 1 is 1.14 bits per heavy atom. The van der Waals surface area contributed by atoms with Crippen LogP contribution in [0.15, 0.2) is 57.3 Å². The van der Waals surface area contributed by atoms with Gasteiger partial charge in [-0.1, -0.05) is 17.7 Å². The Morgan fingerprint density at radius 2 is 1.89 bits per heavy atom. The third-order valence-electron chi connectivity index (χ3n) is 6.47. The summed E-state index contributed by atoms with van der Waals surface area (Å²) in [7, 11) is 0. The van der Waals surface area contributed by atoms with E-state index in [2.05, 4.69) is 10.6 Å². The van der Waals surface area contributed by atoms with Crippen molar-refractivity contribution >= 4 is 28.5 Å². The third kappa shape index (κ3) is 6.46. The molecule has 3 aromatic rings. The lowest BCUT2D eigenvalue weighted by Gasteiger charge is -2.24. The molecule has 1 amide bonds. The predicted octanol–water partition coefficient (Wildman–Crippen LogP) is 4.62. The number of ether oxygens (including phenoxy) is 1. The first kappa shape index (κ1) is 26.2. The molecule has 8 heteroatoms. The SMILES string of the molecule is CC(C)=CCc1cc(C(=O)Nc2cc3ccc(OC4CCNCC4)c(C)c3oc2=O)ccc1CC(=O)O. The summed E-state index contributed by atoms with van der Waals surface area (Å²) in [6.45, 7) is 7.59. The van der Waals surface area contributed by atoms with Crippen LogP contribution in [0.4, 0.5) is 5.69 Å². The summed E-state index contributed by atoms with van der Waals surface area (Å²) in [5.41, 5.74) is 3.35. The zero-order chi connectivity index (χ0) is 26.5. The summed E-state index contributed by atoms with van der Waals surface area (Å²) in [5, 5.41) is 15.9. The van der Waals surface area contributed by atoms with E-state index in [1.807, 2.05) is 39.0 Å². The molecule has 194 valence electrons. The van der Waals surface area contributed by atoms with E-state index < -0.39 is 17.5 Å². The molecule has 0 unspecified atom stereocenters. The number of carbonyl (C=O) groups excluding carboxylic acids is 1. The topological polar surface area (TPSA) is 118 Å². The Morgan fingerprint density at radius 3 is 2.59 bits per heavy atom. The van der Waals surface area contributed by atoms with Gasteiger partial charge < -0.3 is 24.9 Å². The fourth-order valence-electron chi connectivity index (χ4n) is 4.41. The molecule has 4 rings (SSSR count). The van der Waals surface area contributed by atoms with Gasteiger partial charge in [0.05, 0.1) is 6.42 Å². The average Bonchev–Trinajstić information content (AvgIpc) is 2.86. The van der Waals surface area contributed by atoms with Gasteiger partial charge in [-0.3, -0.25) is 9.59 Å². The van der Waals surface area contributed by atoms with Gasteiger partial charge in [-0.05, 0) is 94.6 Å². The minimum atomic E-state index is -0.941. The number of hydrogen-bond donors (Lipinski definition) is 3. The zero-order valence-electron chi connectivity index (χ0n) is 21.3. The van der Waals surface area contributed by atoms with Gasteiger partial charge in [0.15, 0.2) is 0 Å². The first-order valence-corrected chi connectivity index (χ1v) is 12.4. The Hall–Kier alpha value is -3.91. The predicted molar refractivity (Wildman–Crippen MR) is 143 cm³/mol. The molecule has 3 N–H and O–H groups in total. The van der Waals surface area contributed by atoms with Gasteiger partial charge >= 0.3 is 11.6 Å². The van der Waals surface area contributed by atoms with E-state index in [-0.39, 0.29) is 18.2 Å². The van der Waals surface area contributed by atoms with Gasteiger partial charge in [-0.2, -0.15) is 0 Å². The molecule has 1 aliphatic heterocycles. The van der Waals surface area contributed by atoms with Crippen LogP contribution in [0, 0.1) is 6.92 Å². The maximum Gasteiger partial charge on any atom is 0.360 e. The zero-order valence-corrected chi connectivity index (χ0v) is 21.3. The average molecular weight is 505 g/mol. The van der Waals surface area contributed by atoms with Crippen LogP contribution in [-0.2, 0) is 17.6 Å². The summed E-state index contributed by atoms with van der Waals surface area (Å²) < 4.78 is 11.8. The molecule has 1 aliphatic rings. The minimum Gasteiger partial charge on any atom is -0.490 e. The fourth-order valence-corrected chi connectivity index (χ4v) is 4.41. The quantitative estimate of drug-likeness (QED) is 0.303. The standard InChI is InChI=1S/C29H32N2O6/c1-17(2)4-5-19-14-22(7-6-20(19)16-26(32)33)28(34)31-24-15-21-8-9-25(18(3)27(21)37-29(24)35)36-23-10-12-30-13-11-23/h4,6-9,14-15,23,30H,5,10-13,16H2,1-3H3,(H,31,34)(H,32,33). The van der Waals surface area contributed by atoms with Crippen molar-refractivity contribution in [3.63, 3.8) is 0 Å². The minimum absolute atomic E-state index is 0.0318. The van der Waals surface area contributed by atoms with E-state index in [9.17, 15) is 19.5 Å². The number of allylic oxidation sites excluding steroid dienone is 2. The van der Waals surface area contributed by atoms with E-state index in [0.29, 0.717) is 34.3 Å². The molecule has 0 atom stereocenters. The van der Waals surface area contributed by atoms with Crippen LogP contribution in [0.2, 0.25) is 0 Å². The Balaban J connectivity index is 1.58. The Labute approximate surface area is 215 Å². The van der Waals surface area contributed by atoms with Gasteiger partial charge in [0.1, 0.15) is 23.1 Å². The van der Waals surface area contributed by atoms with E-state index in [4.69, 9.17) is 9.15 Å². The number of aryl methyl sites for hydroxylation is 1. The number of carbonyl (C=O) groups is 2. The van der Waals surface area contributed by atoms with E-state index >= 15 is 0 Å². The molecular formula is C29H32N2O6. The molecule has 0 aliphatic carbocycles. The molecular weight excluding hydrogens is 472 g/mol. The smallest absolute Gasteiger partial charge is 0.360 e. The highest BCUT2D eigenvalue weighted by Crippen LogP contribution is 2.29. The number of carboxylic acids is 1. The van der Waals surface area contributed by atoms with Crippen molar-refractivity contribution in [3.8, 4) is 5.75 Å².